The number of halogens is 2. The van der Waals surface area contributed by atoms with Crippen LogP contribution in [0.3, 0.4) is 0 Å². The summed E-state index contributed by atoms with van der Waals surface area (Å²) in [6, 6.07) is 25.5. The number of phenols is 1. The molecule has 0 bridgehead atoms. The highest BCUT2D eigenvalue weighted by Crippen LogP contribution is 2.43. The van der Waals surface area contributed by atoms with Crippen LogP contribution in [0.4, 0.5) is 0 Å². The number of aromatic nitrogens is 3. The van der Waals surface area contributed by atoms with Crippen LogP contribution in [0.15, 0.2) is 83.4 Å². The van der Waals surface area contributed by atoms with E-state index in [0.717, 1.165) is 27.4 Å². The lowest BCUT2D eigenvalue weighted by atomic mass is 9.85. The van der Waals surface area contributed by atoms with Crippen molar-refractivity contribution >= 4 is 45.0 Å². The molecule has 7 heteroatoms. The Bertz CT molecular complexity index is 1740. The van der Waals surface area contributed by atoms with Gasteiger partial charge >= 0.3 is 0 Å². The van der Waals surface area contributed by atoms with Gasteiger partial charge in [0.25, 0.3) is 5.89 Å². The number of phenolic OH excluding ortho intramolecular Hbond substituents is 1. The molecule has 1 N–H and O–H groups in total. The van der Waals surface area contributed by atoms with Crippen molar-refractivity contribution < 1.29 is 9.63 Å². The van der Waals surface area contributed by atoms with Crippen molar-refractivity contribution in [1.82, 2.24) is 14.7 Å². The SMILES string of the molecule is CC(C)(C)c1cc(-c2nc(-c3c(Cl)cccc3Cl)no2)c(O)c(-n2c3ccccc3c3ccccc32)c1. The molecule has 0 atom stereocenters. The summed E-state index contributed by atoms with van der Waals surface area (Å²) in [5.41, 5.74) is 4.32. The number of fused-ring (bicyclic) bond motifs is 3. The minimum Gasteiger partial charge on any atom is -0.505 e. The second kappa shape index (κ2) is 8.65. The summed E-state index contributed by atoms with van der Waals surface area (Å²) in [6.07, 6.45) is 0. The summed E-state index contributed by atoms with van der Waals surface area (Å²) in [5, 5.41) is 18.9. The Morgan fingerprint density at radius 1 is 0.811 bits per heavy atom. The first-order valence-corrected chi connectivity index (χ1v) is 12.6. The topological polar surface area (TPSA) is 64.1 Å². The second-order valence-electron chi connectivity index (χ2n) is 10.0. The van der Waals surface area contributed by atoms with E-state index in [1.807, 2.05) is 36.4 Å². The highest BCUT2D eigenvalue weighted by molar-refractivity contribution is 6.39. The largest absolute Gasteiger partial charge is 0.505 e. The fourth-order valence-corrected chi connectivity index (χ4v) is 5.28. The minimum atomic E-state index is -0.217. The summed E-state index contributed by atoms with van der Waals surface area (Å²) in [6.45, 7) is 6.38. The quantitative estimate of drug-likeness (QED) is 0.249. The molecule has 184 valence electrons. The van der Waals surface area contributed by atoms with Gasteiger partial charge in [0.05, 0.1) is 37.9 Å². The zero-order valence-corrected chi connectivity index (χ0v) is 22.0. The normalized spacial score (nSPS) is 12.0. The van der Waals surface area contributed by atoms with Crippen LogP contribution in [0, 0.1) is 0 Å². The molecule has 37 heavy (non-hydrogen) atoms. The van der Waals surface area contributed by atoms with E-state index in [1.54, 1.807) is 18.2 Å². The van der Waals surface area contributed by atoms with Crippen molar-refractivity contribution in [2.24, 2.45) is 0 Å². The number of benzene rings is 4. The Morgan fingerprint density at radius 2 is 1.41 bits per heavy atom. The highest BCUT2D eigenvalue weighted by Gasteiger charge is 2.26. The van der Waals surface area contributed by atoms with Crippen LogP contribution in [0.2, 0.25) is 10.0 Å². The number of hydrogen-bond acceptors (Lipinski definition) is 4. The zero-order valence-electron chi connectivity index (χ0n) is 20.5. The van der Waals surface area contributed by atoms with Crippen LogP contribution in [-0.4, -0.2) is 19.8 Å². The summed E-state index contributed by atoms with van der Waals surface area (Å²) < 4.78 is 7.75. The van der Waals surface area contributed by atoms with Gasteiger partial charge in [0.15, 0.2) is 5.75 Å². The molecule has 0 spiro atoms. The fourth-order valence-electron chi connectivity index (χ4n) is 4.71. The van der Waals surface area contributed by atoms with Crippen molar-refractivity contribution in [2.45, 2.75) is 26.2 Å². The van der Waals surface area contributed by atoms with Crippen LogP contribution in [0.5, 0.6) is 5.75 Å². The summed E-state index contributed by atoms with van der Waals surface area (Å²) in [7, 11) is 0. The van der Waals surface area contributed by atoms with E-state index >= 15 is 0 Å². The third-order valence-electron chi connectivity index (χ3n) is 6.62. The standard InChI is InChI=1S/C30H23Cl2N3O2/c1-30(2,3)17-15-20(29-33-28(34-37-29)26-21(31)11-8-12-22(26)32)27(36)25(16-17)35-23-13-6-4-9-18(23)19-10-5-7-14-24(19)35/h4-16,36H,1-3H3. The van der Waals surface area contributed by atoms with Crippen LogP contribution in [0.25, 0.3) is 50.3 Å². The third kappa shape index (κ3) is 3.86. The maximum atomic E-state index is 11.7. The summed E-state index contributed by atoms with van der Waals surface area (Å²) >= 11 is 12.8. The molecule has 2 heterocycles. The zero-order chi connectivity index (χ0) is 25.9. The van der Waals surface area contributed by atoms with Gasteiger partial charge in [-0.15, -0.1) is 0 Å². The van der Waals surface area contributed by atoms with Crippen LogP contribution < -0.4 is 0 Å². The molecular formula is C30H23Cl2N3O2. The predicted octanol–water partition coefficient (Wildman–Crippen LogP) is 8.81. The van der Waals surface area contributed by atoms with Gasteiger partial charge in [0, 0.05) is 10.8 Å². The predicted molar refractivity (Wildman–Crippen MR) is 150 cm³/mol. The van der Waals surface area contributed by atoms with Crippen molar-refractivity contribution in [1.29, 1.82) is 0 Å². The van der Waals surface area contributed by atoms with E-state index < -0.39 is 0 Å². The minimum absolute atomic E-state index is 0.0416. The van der Waals surface area contributed by atoms with Gasteiger partial charge in [-0.25, -0.2) is 0 Å². The van der Waals surface area contributed by atoms with Crippen LogP contribution in [-0.2, 0) is 5.41 Å². The first-order chi connectivity index (χ1) is 17.7. The summed E-state index contributed by atoms with van der Waals surface area (Å²) in [5.74, 6) is 0.473. The second-order valence-corrected chi connectivity index (χ2v) is 10.8. The molecule has 5 nitrogen and oxygen atoms in total. The van der Waals surface area contributed by atoms with Gasteiger partial charge in [-0.3, -0.25) is 0 Å². The molecule has 0 saturated heterocycles. The lowest BCUT2D eigenvalue weighted by molar-refractivity contribution is 0.425. The number of nitrogens with zero attached hydrogens (tertiary/aromatic N) is 3. The Morgan fingerprint density at radius 3 is 2.00 bits per heavy atom. The third-order valence-corrected chi connectivity index (χ3v) is 7.25. The van der Waals surface area contributed by atoms with Gasteiger partial charge in [0.2, 0.25) is 5.82 Å². The Hall–Kier alpha value is -3.80. The van der Waals surface area contributed by atoms with E-state index in [2.05, 4.69) is 59.7 Å². The number of hydrogen-bond donors (Lipinski definition) is 1. The fraction of sp³-hybridized carbons (Fsp3) is 0.133. The highest BCUT2D eigenvalue weighted by atomic mass is 35.5. The Kier molecular flexibility index (Phi) is 5.51. The van der Waals surface area contributed by atoms with Crippen molar-refractivity contribution in [2.75, 3.05) is 0 Å². The smallest absolute Gasteiger partial charge is 0.262 e. The number of aromatic hydroxyl groups is 1. The van der Waals surface area contributed by atoms with E-state index in [4.69, 9.17) is 27.7 Å². The molecule has 0 radical (unpaired) electrons. The van der Waals surface area contributed by atoms with Crippen LogP contribution in [0.1, 0.15) is 26.3 Å². The molecule has 2 aromatic heterocycles. The average molecular weight is 528 g/mol. The van der Waals surface area contributed by atoms with Crippen molar-refractivity contribution in [3.63, 3.8) is 0 Å². The average Bonchev–Trinajstić information content (AvgIpc) is 3.47. The van der Waals surface area contributed by atoms with E-state index in [-0.39, 0.29) is 22.9 Å². The lowest BCUT2D eigenvalue weighted by Crippen LogP contribution is -2.12. The maximum Gasteiger partial charge on any atom is 0.262 e. The molecule has 0 fully saturated rings. The summed E-state index contributed by atoms with van der Waals surface area (Å²) in [4.78, 5) is 4.59. The van der Waals surface area contributed by atoms with E-state index in [9.17, 15) is 5.11 Å². The molecule has 4 aromatic carbocycles. The Balaban J connectivity index is 1.63. The van der Waals surface area contributed by atoms with Crippen LogP contribution >= 0.6 is 23.2 Å². The molecule has 0 saturated carbocycles. The monoisotopic (exact) mass is 527 g/mol. The first kappa shape index (κ1) is 23.6. The Labute approximate surface area is 223 Å². The van der Waals surface area contributed by atoms with Gasteiger partial charge < -0.3 is 14.2 Å². The van der Waals surface area contributed by atoms with E-state index in [0.29, 0.717) is 26.9 Å². The van der Waals surface area contributed by atoms with Crippen molar-refractivity contribution in [3.05, 3.63) is 94.5 Å². The van der Waals surface area contributed by atoms with Gasteiger partial charge in [0.1, 0.15) is 0 Å². The lowest BCUT2D eigenvalue weighted by Gasteiger charge is -2.22. The van der Waals surface area contributed by atoms with Gasteiger partial charge in [-0.2, -0.15) is 4.98 Å². The molecule has 0 amide bonds. The van der Waals surface area contributed by atoms with Gasteiger partial charge in [-0.1, -0.05) is 91.6 Å². The molecule has 0 aliphatic heterocycles. The molecule has 6 rings (SSSR count). The molecule has 0 unspecified atom stereocenters. The molecule has 0 aliphatic carbocycles. The van der Waals surface area contributed by atoms with Crippen molar-refractivity contribution in [3.8, 4) is 34.3 Å². The van der Waals surface area contributed by atoms with Gasteiger partial charge in [-0.05, 0) is 47.4 Å². The molecule has 6 aromatic rings. The maximum absolute atomic E-state index is 11.7. The molecule has 0 aliphatic rings. The number of rotatable bonds is 3. The molecular weight excluding hydrogens is 505 g/mol. The van der Waals surface area contributed by atoms with E-state index in [1.165, 1.54) is 0 Å². The number of para-hydroxylation sites is 2. The first-order valence-electron chi connectivity index (χ1n) is 11.9.